The zero-order valence-corrected chi connectivity index (χ0v) is 12.0. The highest BCUT2D eigenvalue weighted by Gasteiger charge is 2.14. The van der Waals surface area contributed by atoms with Crippen molar-refractivity contribution < 1.29 is 4.79 Å². The lowest BCUT2D eigenvalue weighted by molar-refractivity contribution is -0.115. The maximum atomic E-state index is 11.8. The van der Waals surface area contributed by atoms with Crippen LogP contribution in [-0.2, 0) is 4.79 Å². The summed E-state index contributed by atoms with van der Waals surface area (Å²) < 4.78 is 0. The van der Waals surface area contributed by atoms with Crippen molar-refractivity contribution in [2.24, 2.45) is 0 Å². The number of carbonyl (C=O) groups excluding carboxylic acids is 1. The molecule has 0 spiro atoms. The number of hydrogen-bond donors (Lipinski definition) is 2. The highest BCUT2D eigenvalue weighted by Crippen LogP contribution is 2.28. The number of anilines is 2. The SMILES string of the molecule is Nc1ccc(NC(=O)CCSC2CCCCC2)cc1. The maximum absolute atomic E-state index is 11.8. The van der Waals surface area contributed by atoms with Crippen LogP contribution in [-0.4, -0.2) is 16.9 Å². The third-order valence-electron chi connectivity index (χ3n) is 3.43. The highest BCUT2D eigenvalue weighted by molar-refractivity contribution is 7.99. The summed E-state index contributed by atoms with van der Waals surface area (Å²) in [5.74, 6) is 1.01. The first-order chi connectivity index (χ1) is 9.24. The summed E-state index contributed by atoms with van der Waals surface area (Å²) in [4.78, 5) is 11.8. The molecule has 0 aromatic heterocycles. The predicted octanol–water partition coefficient (Wildman–Crippen LogP) is 3.66. The number of amides is 1. The average Bonchev–Trinajstić information content (AvgIpc) is 2.43. The summed E-state index contributed by atoms with van der Waals surface area (Å²) in [6.45, 7) is 0. The zero-order valence-electron chi connectivity index (χ0n) is 11.2. The van der Waals surface area contributed by atoms with Crippen molar-refractivity contribution in [2.45, 2.75) is 43.8 Å². The lowest BCUT2D eigenvalue weighted by Crippen LogP contribution is -2.14. The van der Waals surface area contributed by atoms with Crippen LogP contribution in [0.15, 0.2) is 24.3 Å². The van der Waals surface area contributed by atoms with Gasteiger partial charge in [0.15, 0.2) is 0 Å². The summed E-state index contributed by atoms with van der Waals surface area (Å²) in [6, 6.07) is 7.27. The fraction of sp³-hybridized carbons (Fsp3) is 0.533. The third-order valence-corrected chi connectivity index (χ3v) is 4.81. The van der Waals surface area contributed by atoms with Crippen molar-refractivity contribution in [2.75, 3.05) is 16.8 Å². The van der Waals surface area contributed by atoms with E-state index in [2.05, 4.69) is 5.32 Å². The molecule has 0 saturated heterocycles. The van der Waals surface area contributed by atoms with Gasteiger partial charge in [0.25, 0.3) is 0 Å². The van der Waals surface area contributed by atoms with Crippen LogP contribution in [0.4, 0.5) is 11.4 Å². The molecule has 2 rings (SSSR count). The molecule has 3 N–H and O–H groups in total. The lowest BCUT2D eigenvalue weighted by atomic mass is 10.0. The molecule has 0 bridgehead atoms. The minimum absolute atomic E-state index is 0.0908. The normalized spacial score (nSPS) is 16.2. The van der Waals surface area contributed by atoms with Crippen LogP contribution in [0.25, 0.3) is 0 Å². The molecule has 1 aliphatic carbocycles. The van der Waals surface area contributed by atoms with Crippen LogP contribution < -0.4 is 11.1 Å². The topological polar surface area (TPSA) is 55.1 Å². The van der Waals surface area contributed by atoms with Crippen LogP contribution in [0.2, 0.25) is 0 Å². The fourth-order valence-electron chi connectivity index (χ4n) is 2.34. The van der Waals surface area contributed by atoms with Crippen molar-refractivity contribution >= 4 is 29.0 Å². The molecule has 3 nitrogen and oxygen atoms in total. The average molecular weight is 278 g/mol. The second kappa shape index (κ2) is 7.43. The fourth-order valence-corrected chi connectivity index (χ4v) is 3.64. The highest BCUT2D eigenvalue weighted by atomic mass is 32.2. The molecule has 0 atom stereocenters. The molecule has 0 radical (unpaired) electrons. The van der Waals surface area contributed by atoms with Gasteiger partial charge in [-0.1, -0.05) is 19.3 Å². The van der Waals surface area contributed by atoms with Crippen molar-refractivity contribution in [3.8, 4) is 0 Å². The Kier molecular flexibility index (Phi) is 5.58. The van der Waals surface area contributed by atoms with Crippen molar-refractivity contribution in [3.63, 3.8) is 0 Å². The van der Waals surface area contributed by atoms with E-state index in [9.17, 15) is 4.79 Å². The summed E-state index contributed by atoms with van der Waals surface area (Å²) in [6.07, 6.45) is 7.33. The minimum Gasteiger partial charge on any atom is -0.399 e. The van der Waals surface area contributed by atoms with Crippen molar-refractivity contribution in [1.82, 2.24) is 0 Å². The smallest absolute Gasteiger partial charge is 0.225 e. The number of carbonyl (C=O) groups is 1. The number of hydrogen-bond acceptors (Lipinski definition) is 3. The lowest BCUT2D eigenvalue weighted by Gasteiger charge is -2.20. The van der Waals surface area contributed by atoms with Crippen LogP contribution in [0.1, 0.15) is 38.5 Å². The molecule has 1 aromatic carbocycles. The Morgan fingerprint density at radius 3 is 2.58 bits per heavy atom. The maximum Gasteiger partial charge on any atom is 0.225 e. The second-order valence-corrected chi connectivity index (χ2v) is 6.46. The van der Waals surface area contributed by atoms with Gasteiger partial charge in [0.2, 0.25) is 5.91 Å². The van der Waals surface area contributed by atoms with E-state index in [1.807, 2.05) is 23.9 Å². The van der Waals surface area contributed by atoms with Gasteiger partial charge in [0.1, 0.15) is 0 Å². The van der Waals surface area contributed by atoms with Gasteiger partial charge in [0, 0.05) is 28.8 Å². The number of nitrogens with two attached hydrogens (primary N) is 1. The molecule has 4 heteroatoms. The van der Waals surface area contributed by atoms with E-state index in [0.29, 0.717) is 12.1 Å². The first-order valence-corrected chi connectivity index (χ1v) is 8.06. The van der Waals surface area contributed by atoms with Gasteiger partial charge in [-0.2, -0.15) is 11.8 Å². The molecule has 0 aliphatic heterocycles. The monoisotopic (exact) mass is 278 g/mol. The van der Waals surface area contributed by atoms with Gasteiger partial charge in [-0.25, -0.2) is 0 Å². The van der Waals surface area contributed by atoms with E-state index in [1.54, 1.807) is 12.1 Å². The van der Waals surface area contributed by atoms with Gasteiger partial charge in [-0.3, -0.25) is 4.79 Å². The molecule has 0 unspecified atom stereocenters. The summed E-state index contributed by atoms with van der Waals surface area (Å²) in [5, 5.41) is 3.68. The quantitative estimate of drug-likeness (QED) is 0.808. The molecule has 19 heavy (non-hydrogen) atoms. The predicted molar refractivity (Wildman–Crippen MR) is 83.4 cm³/mol. The Hall–Kier alpha value is -1.16. The Balaban J connectivity index is 1.65. The molecule has 1 fully saturated rings. The molecule has 1 aromatic rings. The zero-order chi connectivity index (χ0) is 13.5. The van der Waals surface area contributed by atoms with E-state index in [0.717, 1.165) is 16.7 Å². The third kappa shape index (κ3) is 5.15. The Morgan fingerprint density at radius 2 is 1.89 bits per heavy atom. The molecule has 104 valence electrons. The van der Waals surface area contributed by atoms with E-state index >= 15 is 0 Å². The summed E-state index contributed by atoms with van der Waals surface area (Å²) >= 11 is 1.96. The van der Waals surface area contributed by atoms with Gasteiger partial charge in [-0.05, 0) is 37.1 Å². The summed E-state index contributed by atoms with van der Waals surface area (Å²) in [7, 11) is 0. The van der Waals surface area contributed by atoms with Crippen LogP contribution in [0, 0.1) is 0 Å². The van der Waals surface area contributed by atoms with E-state index in [1.165, 1.54) is 32.1 Å². The number of nitrogen functional groups attached to an aromatic ring is 1. The van der Waals surface area contributed by atoms with Crippen LogP contribution in [0.3, 0.4) is 0 Å². The standard InChI is InChI=1S/C15H22N2OS/c16-12-6-8-13(9-7-12)17-15(18)10-11-19-14-4-2-1-3-5-14/h6-9,14H,1-5,10-11,16H2,(H,17,18). The largest absolute Gasteiger partial charge is 0.399 e. The molecule has 1 saturated carbocycles. The van der Waals surface area contributed by atoms with Crippen molar-refractivity contribution in [3.05, 3.63) is 24.3 Å². The number of nitrogens with one attached hydrogen (secondary N) is 1. The number of rotatable bonds is 5. The molecular formula is C15H22N2OS. The van der Waals surface area contributed by atoms with Gasteiger partial charge in [-0.15, -0.1) is 0 Å². The minimum atomic E-state index is 0.0908. The van der Waals surface area contributed by atoms with Crippen LogP contribution >= 0.6 is 11.8 Å². The Bertz CT molecular complexity index is 399. The molecular weight excluding hydrogens is 256 g/mol. The number of thioether (sulfide) groups is 1. The first-order valence-electron chi connectivity index (χ1n) is 7.01. The Labute approximate surface area is 119 Å². The van der Waals surface area contributed by atoms with E-state index in [-0.39, 0.29) is 5.91 Å². The van der Waals surface area contributed by atoms with E-state index < -0.39 is 0 Å². The number of benzene rings is 1. The van der Waals surface area contributed by atoms with E-state index in [4.69, 9.17) is 5.73 Å². The Morgan fingerprint density at radius 1 is 1.21 bits per heavy atom. The summed E-state index contributed by atoms with van der Waals surface area (Å²) in [5.41, 5.74) is 7.14. The van der Waals surface area contributed by atoms with Gasteiger partial charge in [0.05, 0.1) is 0 Å². The first kappa shape index (κ1) is 14.3. The van der Waals surface area contributed by atoms with Gasteiger partial charge < -0.3 is 11.1 Å². The molecule has 1 aliphatic rings. The molecule has 0 heterocycles. The molecule has 1 amide bonds. The van der Waals surface area contributed by atoms with Crippen LogP contribution in [0.5, 0.6) is 0 Å². The van der Waals surface area contributed by atoms with Gasteiger partial charge >= 0.3 is 0 Å². The second-order valence-electron chi connectivity index (χ2n) is 5.05. The van der Waals surface area contributed by atoms with Crippen molar-refractivity contribution in [1.29, 1.82) is 0 Å².